The summed E-state index contributed by atoms with van der Waals surface area (Å²) in [6, 6.07) is 19.9. The minimum atomic E-state index is -0.267. The molecule has 0 fully saturated rings. The predicted octanol–water partition coefficient (Wildman–Crippen LogP) is 4.30. The lowest BCUT2D eigenvalue weighted by Gasteiger charge is -2.11. The number of para-hydroxylation sites is 1. The van der Waals surface area contributed by atoms with E-state index < -0.39 is 0 Å². The Hall–Kier alpha value is -4.06. The maximum absolute atomic E-state index is 13.2. The van der Waals surface area contributed by atoms with Crippen LogP contribution in [0.3, 0.4) is 0 Å². The van der Waals surface area contributed by atoms with Crippen molar-refractivity contribution in [2.75, 3.05) is 11.9 Å². The van der Waals surface area contributed by atoms with Crippen LogP contribution in [0.2, 0.25) is 0 Å². The van der Waals surface area contributed by atoms with E-state index >= 15 is 0 Å². The molecule has 2 N–H and O–H groups in total. The van der Waals surface area contributed by atoms with E-state index in [1.165, 1.54) is 0 Å². The molecule has 0 bridgehead atoms. The largest absolute Gasteiger partial charge is 0.352 e. The van der Waals surface area contributed by atoms with E-state index in [0.717, 1.165) is 16.5 Å². The molecule has 0 saturated carbocycles. The number of rotatable bonds is 5. The Labute approximate surface area is 174 Å². The van der Waals surface area contributed by atoms with Crippen LogP contribution in [-0.2, 0) is 0 Å². The second-order valence-electron chi connectivity index (χ2n) is 6.70. The Balaban J connectivity index is 1.71. The first-order valence-electron chi connectivity index (χ1n) is 9.65. The summed E-state index contributed by atoms with van der Waals surface area (Å²) in [6.07, 6.45) is 3.39. The van der Waals surface area contributed by atoms with Gasteiger partial charge in [0.2, 0.25) is 0 Å². The van der Waals surface area contributed by atoms with Crippen LogP contribution >= 0.6 is 0 Å². The van der Waals surface area contributed by atoms with Crippen LogP contribution < -0.4 is 10.6 Å². The Morgan fingerprint density at radius 2 is 1.70 bits per heavy atom. The Kier molecular flexibility index (Phi) is 5.48. The number of pyridine rings is 2. The van der Waals surface area contributed by atoms with Gasteiger partial charge >= 0.3 is 0 Å². The van der Waals surface area contributed by atoms with Crippen LogP contribution in [0, 0.1) is 0 Å². The monoisotopic (exact) mass is 396 g/mol. The summed E-state index contributed by atoms with van der Waals surface area (Å²) in [5.74, 6) is -0.445. The number of carbonyl (C=O) groups excluding carboxylic acids is 2. The number of nitrogens with zero attached hydrogens (tertiary/aromatic N) is 2. The molecule has 30 heavy (non-hydrogen) atoms. The van der Waals surface area contributed by atoms with Crippen LogP contribution in [0.15, 0.2) is 79.1 Å². The van der Waals surface area contributed by atoms with Gasteiger partial charge in [-0.25, -0.2) is 4.98 Å². The molecule has 4 aromatic rings. The summed E-state index contributed by atoms with van der Waals surface area (Å²) >= 11 is 0. The first-order chi connectivity index (χ1) is 14.7. The normalized spacial score (nSPS) is 10.6. The summed E-state index contributed by atoms with van der Waals surface area (Å²) in [5.41, 5.74) is 3.85. The molecule has 0 unspecified atom stereocenters. The highest BCUT2D eigenvalue weighted by atomic mass is 16.2. The molecule has 2 aromatic heterocycles. The molecule has 0 atom stereocenters. The van der Waals surface area contributed by atoms with Gasteiger partial charge in [-0.3, -0.25) is 14.6 Å². The molecule has 2 aromatic carbocycles. The molecule has 2 heterocycles. The van der Waals surface area contributed by atoms with Gasteiger partial charge in [-0.1, -0.05) is 24.3 Å². The molecule has 6 nitrogen and oxygen atoms in total. The minimum Gasteiger partial charge on any atom is -0.352 e. The zero-order chi connectivity index (χ0) is 20.9. The molecular formula is C24H20N4O2. The molecule has 0 saturated heterocycles. The zero-order valence-corrected chi connectivity index (χ0v) is 16.4. The minimum absolute atomic E-state index is 0.178. The van der Waals surface area contributed by atoms with Crippen molar-refractivity contribution in [3.8, 4) is 11.3 Å². The maximum atomic E-state index is 13.2. The van der Waals surface area contributed by atoms with Crippen molar-refractivity contribution in [1.29, 1.82) is 0 Å². The van der Waals surface area contributed by atoms with Gasteiger partial charge in [0.15, 0.2) is 0 Å². The highest BCUT2D eigenvalue weighted by Crippen LogP contribution is 2.25. The fourth-order valence-corrected chi connectivity index (χ4v) is 3.23. The fraction of sp³-hybridized carbons (Fsp3) is 0.0833. The van der Waals surface area contributed by atoms with E-state index in [0.29, 0.717) is 29.1 Å². The second-order valence-corrected chi connectivity index (χ2v) is 6.70. The first-order valence-corrected chi connectivity index (χ1v) is 9.65. The average molecular weight is 396 g/mol. The fourth-order valence-electron chi connectivity index (χ4n) is 3.23. The number of hydrogen-bond donors (Lipinski definition) is 2. The lowest BCUT2D eigenvalue weighted by molar-refractivity contribution is 0.0954. The smallest absolute Gasteiger partial charge is 0.256 e. The third-order valence-corrected chi connectivity index (χ3v) is 4.66. The molecule has 4 rings (SSSR count). The second kappa shape index (κ2) is 8.53. The summed E-state index contributed by atoms with van der Waals surface area (Å²) in [7, 11) is 0. The number of amides is 2. The molecule has 0 aliphatic rings. The lowest BCUT2D eigenvalue weighted by atomic mass is 10.0. The van der Waals surface area contributed by atoms with Gasteiger partial charge in [0.1, 0.15) is 0 Å². The van der Waals surface area contributed by atoms with Crippen LogP contribution in [0.5, 0.6) is 0 Å². The average Bonchev–Trinajstić information content (AvgIpc) is 2.79. The number of carbonyl (C=O) groups is 2. The van der Waals surface area contributed by atoms with E-state index in [9.17, 15) is 9.59 Å². The lowest BCUT2D eigenvalue weighted by Crippen LogP contribution is -2.22. The van der Waals surface area contributed by atoms with Gasteiger partial charge in [0.25, 0.3) is 11.8 Å². The number of nitrogens with one attached hydrogen (secondary N) is 2. The third kappa shape index (κ3) is 4.03. The van der Waals surface area contributed by atoms with Crippen LogP contribution in [0.4, 0.5) is 5.69 Å². The number of hydrogen-bond acceptors (Lipinski definition) is 4. The van der Waals surface area contributed by atoms with Crippen molar-refractivity contribution in [3.05, 3.63) is 90.3 Å². The Morgan fingerprint density at radius 3 is 2.50 bits per heavy atom. The van der Waals surface area contributed by atoms with E-state index in [-0.39, 0.29) is 11.8 Å². The van der Waals surface area contributed by atoms with E-state index in [4.69, 9.17) is 4.98 Å². The van der Waals surface area contributed by atoms with Gasteiger partial charge in [-0.15, -0.1) is 0 Å². The SMILES string of the molecule is CCNC(=O)c1cccc(NC(=O)c2cc(-c3ccncc3)nc3ccccc23)c1. The molecule has 0 radical (unpaired) electrons. The van der Waals surface area contributed by atoms with Crippen molar-refractivity contribution < 1.29 is 9.59 Å². The standard InChI is InChI=1S/C24H20N4O2/c1-2-26-23(29)17-6-5-7-18(14-17)27-24(30)20-15-22(16-10-12-25-13-11-16)28-21-9-4-3-8-19(20)21/h3-15H,2H2,1H3,(H,26,29)(H,27,30). The molecule has 6 heteroatoms. The summed E-state index contributed by atoms with van der Waals surface area (Å²) in [6.45, 7) is 2.40. The molecule has 148 valence electrons. The summed E-state index contributed by atoms with van der Waals surface area (Å²) < 4.78 is 0. The number of aromatic nitrogens is 2. The van der Waals surface area contributed by atoms with Crippen molar-refractivity contribution in [3.63, 3.8) is 0 Å². The Bertz CT molecular complexity index is 1220. The van der Waals surface area contributed by atoms with E-state index in [1.54, 1.807) is 42.7 Å². The molecule has 2 amide bonds. The van der Waals surface area contributed by atoms with E-state index in [1.807, 2.05) is 43.3 Å². The van der Waals surface area contributed by atoms with Crippen molar-refractivity contribution in [2.24, 2.45) is 0 Å². The number of fused-ring (bicyclic) bond motifs is 1. The van der Waals surface area contributed by atoms with Crippen molar-refractivity contribution in [2.45, 2.75) is 6.92 Å². The third-order valence-electron chi connectivity index (χ3n) is 4.66. The van der Waals surface area contributed by atoms with Crippen LogP contribution in [0.1, 0.15) is 27.6 Å². The number of benzene rings is 2. The highest BCUT2D eigenvalue weighted by Gasteiger charge is 2.15. The highest BCUT2D eigenvalue weighted by molar-refractivity contribution is 6.13. The van der Waals surface area contributed by atoms with Gasteiger partial charge in [0.05, 0.1) is 16.8 Å². The van der Waals surface area contributed by atoms with Crippen LogP contribution in [-0.4, -0.2) is 28.3 Å². The quantitative estimate of drug-likeness (QED) is 0.527. The molecule has 0 spiro atoms. The number of anilines is 1. The van der Waals surface area contributed by atoms with Gasteiger partial charge in [0, 0.05) is 41.1 Å². The topological polar surface area (TPSA) is 84.0 Å². The first kappa shape index (κ1) is 19.3. The van der Waals surface area contributed by atoms with Gasteiger partial charge in [-0.2, -0.15) is 0 Å². The van der Waals surface area contributed by atoms with Gasteiger partial charge in [-0.05, 0) is 49.4 Å². The van der Waals surface area contributed by atoms with Crippen molar-refractivity contribution in [1.82, 2.24) is 15.3 Å². The summed E-state index contributed by atoms with van der Waals surface area (Å²) in [4.78, 5) is 34.0. The molecule has 0 aliphatic carbocycles. The summed E-state index contributed by atoms with van der Waals surface area (Å²) in [5, 5.41) is 6.42. The van der Waals surface area contributed by atoms with Crippen molar-refractivity contribution >= 4 is 28.4 Å². The van der Waals surface area contributed by atoms with E-state index in [2.05, 4.69) is 15.6 Å². The molecule has 0 aliphatic heterocycles. The van der Waals surface area contributed by atoms with Gasteiger partial charge < -0.3 is 10.6 Å². The Morgan fingerprint density at radius 1 is 0.900 bits per heavy atom. The maximum Gasteiger partial charge on any atom is 0.256 e. The zero-order valence-electron chi connectivity index (χ0n) is 16.4. The predicted molar refractivity (Wildman–Crippen MR) is 117 cm³/mol. The molecular weight excluding hydrogens is 376 g/mol. The van der Waals surface area contributed by atoms with Crippen LogP contribution in [0.25, 0.3) is 22.2 Å².